The number of nitrogens with zero attached hydrogens (tertiary/aromatic N) is 1. The summed E-state index contributed by atoms with van der Waals surface area (Å²) in [6.45, 7) is 9.59. The van der Waals surface area contributed by atoms with E-state index in [-0.39, 0.29) is 17.3 Å². The Hall–Kier alpha value is -1.41. The zero-order valence-corrected chi connectivity index (χ0v) is 19.3. The predicted molar refractivity (Wildman–Crippen MR) is 122 cm³/mol. The fourth-order valence-electron chi connectivity index (χ4n) is 4.82. The minimum atomic E-state index is -3.11. The molecule has 0 aromatic heterocycles. The van der Waals surface area contributed by atoms with Crippen LogP contribution in [-0.4, -0.2) is 22.9 Å². The molecule has 158 valence electrons. The van der Waals surface area contributed by atoms with Crippen LogP contribution in [0.5, 0.6) is 0 Å². The molecular formula is C25H36NO2P. The molecule has 3 atom stereocenters. The lowest BCUT2D eigenvalue weighted by atomic mass is 9.89. The minimum Gasteiger partial charge on any atom is -0.314 e. The normalized spacial score (nSPS) is 24.3. The van der Waals surface area contributed by atoms with Gasteiger partial charge in [0.1, 0.15) is 0 Å². The van der Waals surface area contributed by atoms with E-state index in [1.807, 2.05) is 24.3 Å². The summed E-state index contributed by atoms with van der Waals surface area (Å²) >= 11 is 0. The molecule has 0 amide bonds. The molecule has 1 aliphatic rings. The van der Waals surface area contributed by atoms with Gasteiger partial charge in [-0.3, -0.25) is 4.57 Å². The zero-order chi connectivity index (χ0) is 20.9. The van der Waals surface area contributed by atoms with Crippen molar-refractivity contribution < 1.29 is 9.09 Å². The molecule has 1 fully saturated rings. The lowest BCUT2D eigenvalue weighted by Crippen LogP contribution is -2.50. The van der Waals surface area contributed by atoms with Crippen molar-refractivity contribution in [2.24, 2.45) is 0 Å². The first-order valence-electron chi connectivity index (χ1n) is 11.1. The molecule has 0 spiro atoms. The highest BCUT2D eigenvalue weighted by atomic mass is 31.2. The van der Waals surface area contributed by atoms with Crippen molar-refractivity contribution in [1.82, 2.24) is 4.67 Å². The topological polar surface area (TPSA) is 29.5 Å². The van der Waals surface area contributed by atoms with Gasteiger partial charge in [0.2, 0.25) is 0 Å². The molecule has 0 bridgehead atoms. The Balaban J connectivity index is 2.11. The van der Waals surface area contributed by atoms with Gasteiger partial charge in [0.25, 0.3) is 7.52 Å². The van der Waals surface area contributed by atoms with Gasteiger partial charge < -0.3 is 4.52 Å². The highest BCUT2D eigenvalue weighted by Crippen LogP contribution is 2.69. The third-order valence-electron chi connectivity index (χ3n) is 6.79. The van der Waals surface area contributed by atoms with Crippen molar-refractivity contribution in [1.29, 1.82) is 0 Å². The zero-order valence-electron chi connectivity index (χ0n) is 18.4. The molecule has 3 nitrogen and oxygen atoms in total. The second kappa shape index (κ2) is 9.60. The summed E-state index contributed by atoms with van der Waals surface area (Å²) in [7, 11) is -3.11. The standard InChI is InChI=1S/C25H36NO2P/c1-5-25(6-2,7-3)26-19-18-21(4)28-29(26,27)24(23-16-12-9-13-17-23)20-22-14-10-8-11-15-22/h8-17,21,24H,5-7,18-20H2,1-4H3/t21-,24-,29+/m0/s1. The van der Waals surface area contributed by atoms with E-state index in [0.29, 0.717) is 0 Å². The second-order valence-electron chi connectivity index (χ2n) is 8.29. The molecule has 0 aliphatic carbocycles. The molecule has 3 rings (SSSR count). The van der Waals surface area contributed by atoms with Gasteiger partial charge in [-0.1, -0.05) is 81.4 Å². The van der Waals surface area contributed by atoms with E-state index in [4.69, 9.17) is 4.52 Å². The van der Waals surface area contributed by atoms with Gasteiger partial charge in [-0.05, 0) is 50.2 Å². The molecule has 0 saturated carbocycles. The largest absolute Gasteiger partial charge is 0.314 e. The number of hydrogen-bond donors (Lipinski definition) is 0. The van der Waals surface area contributed by atoms with Gasteiger partial charge in [-0.25, -0.2) is 4.67 Å². The van der Waals surface area contributed by atoms with Crippen molar-refractivity contribution in [3.63, 3.8) is 0 Å². The Morgan fingerprint density at radius 1 is 1.00 bits per heavy atom. The van der Waals surface area contributed by atoms with Crippen LogP contribution in [0, 0.1) is 0 Å². The first-order chi connectivity index (χ1) is 14.0. The molecule has 1 aliphatic heterocycles. The van der Waals surface area contributed by atoms with Crippen molar-refractivity contribution in [3.05, 3.63) is 71.8 Å². The van der Waals surface area contributed by atoms with Gasteiger partial charge >= 0.3 is 0 Å². The maximum absolute atomic E-state index is 14.9. The fraction of sp³-hybridized carbons (Fsp3) is 0.520. The van der Waals surface area contributed by atoms with E-state index in [2.05, 4.69) is 68.8 Å². The Morgan fingerprint density at radius 2 is 1.55 bits per heavy atom. The monoisotopic (exact) mass is 413 g/mol. The summed E-state index contributed by atoms with van der Waals surface area (Å²) in [4.78, 5) is 0. The van der Waals surface area contributed by atoms with Crippen molar-refractivity contribution in [2.75, 3.05) is 6.54 Å². The average molecular weight is 414 g/mol. The third-order valence-corrected chi connectivity index (χ3v) is 10.0. The smallest absolute Gasteiger partial charge is 0.280 e. The number of hydrogen-bond acceptors (Lipinski definition) is 2. The average Bonchev–Trinajstić information content (AvgIpc) is 2.76. The van der Waals surface area contributed by atoms with Gasteiger partial charge in [0.15, 0.2) is 0 Å². The molecular weight excluding hydrogens is 377 g/mol. The molecule has 2 aromatic rings. The molecule has 1 saturated heterocycles. The van der Waals surface area contributed by atoms with E-state index in [0.717, 1.165) is 44.2 Å². The van der Waals surface area contributed by atoms with Crippen molar-refractivity contribution in [3.8, 4) is 0 Å². The predicted octanol–water partition coefficient (Wildman–Crippen LogP) is 7.24. The van der Waals surface area contributed by atoms with E-state index in [9.17, 15) is 4.57 Å². The molecule has 0 radical (unpaired) electrons. The SMILES string of the molecule is CCC(CC)(CC)N1CC[C@H](C)O[P@]1(=O)[C@@H](Cc1ccccc1)c1ccccc1. The fourth-order valence-corrected chi connectivity index (χ4v) is 8.44. The first kappa shape index (κ1) is 22.3. The van der Waals surface area contributed by atoms with Crippen LogP contribution in [0.3, 0.4) is 0 Å². The third kappa shape index (κ3) is 4.53. The molecule has 0 N–H and O–H groups in total. The summed E-state index contributed by atoms with van der Waals surface area (Å²) in [5, 5.41) is 0. The molecule has 1 heterocycles. The highest BCUT2D eigenvalue weighted by molar-refractivity contribution is 7.57. The van der Waals surface area contributed by atoms with Gasteiger partial charge in [0.05, 0.1) is 11.8 Å². The van der Waals surface area contributed by atoms with Crippen LogP contribution in [0.15, 0.2) is 60.7 Å². The lowest BCUT2D eigenvalue weighted by molar-refractivity contribution is 0.0654. The van der Waals surface area contributed by atoms with Gasteiger partial charge in [-0.2, -0.15) is 0 Å². The van der Waals surface area contributed by atoms with E-state index < -0.39 is 7.52 Å². The van der Waals surface area contributed by atoms with Crippen LogP contribution in [0.2, 0.25) is 0 Å². The lowest BCUT2D eigenvalue weighted by Gasteiger charge is -2.51. The number of benzene rings is 2. The minimum absolute atomic E-state index is 0.0161. The Bertz CT molecular complexity index is 796. The van der Waals surface area contributed by atoms with Crippen molar-refractivity contribution >= 4 is 7.52 Å². The maximum Gasteiger partial charge on any atom is 0.280 e. The quantitative estimate of drug-likeness (QED) is 0.427. The number of rotatable bonds is 8. The van der Waals surface area contributed by atoms with Crippen LogP contribution in [0.25, 0.3) is 0 Å². The first-order valence-corrected chi connectivity index (χ1v) is 12.8. The summed E-state index contributed by atoms with van der Waals surface area (Å²) in [6.07, 6.45) is 4.61. The van der Waals surface area contributed by atoms with Gasteiger partial charge in [0, 0.05) is 12.1 Å². The Kier molecular flexibility index (Phi) is 7.37. The Labute approximate surface area is 177 Å². The molecule has 0 unspecified atom stereocenters. The maximum atomic E-state index is 14.9. The van der Waals surface area contributed by atoms with E-state index in [1.165, 1.54) is 5.56 Å². The molecule has 4 heteroatoms. The van der Waals surface area contributed by atoms with Crippen molar-refractivity contribution in [2.45, 2.75) is 77.1 Å². The summed E-state index contributed by atoms with van der Waals surface area (Å²) in [6, 6.07) is 20.8. The van der Waals surface area contributed by atoms with Crippen LogP contribution in [0.1, 0.15) is 70.2 Å². The van der Waals surface area contributed by atoms with E-state index in [1.54, 1.807) is 0 Å². The van der Waals surface area contributed by atoms with E-state index >= 15 is 0 Å². The highest BCUT2D eigenvalue weighted by Gasteiger charge is 2.51. The summed E-state index contributed by atoms with van der Waals surface area (Å²) < 4.78 is 23.7. The van der Waals surface area contributed by atoms with Crippen LogP contribution in [-0.2, 0) is 15.5 Å². The van der Waals surface area contributed by atoms with Crippen LogP contribution in [0.4, 0.5) is 0 Å². The second-order valence-corrected chi connectivity index (χ2v) is 10.7. The summed E-state index contributed by atoms with van der Waals surface area (Å²) in [5.74, 6) is 0. The summed E-state index contributed by atoms with van der Waals surface area (Å²) in [5.41, 5.74) is 2.06. The molecule has 2 aromatic carbocycles. The van der Waals surface area contributed by atoms with Crippen LogP contribution >= 0.6 is 7.52 Å². The Morgan fingerprint density at radius 3 is 2.10 bits per heavy atom. The van der Waals surface area contributed by atoms with Crippen LogP contribution < -0.4 is 0 Å². The van der Waals surface area contributed by atoms with Gasteiger partial charge in [-0.15, -0.1) is 0 Å². The molecule has 29 heavy (non-hydrogen) atoms.